The Labute approximate surface area is 116 Å². The van der Waals surface area contributed by atoms with Crippen molar-refractivity contribution in [3.05, 3.63) is 58.6 Å². The fourth-order valence-corrected chi connectivity index (χ4v) is 2.75. The van der Waals surface area contributed by atoms with Gasteiger partial charge in [0.2, 0.25) is 0 Å². The van der Waals surface area contributed by atoms with E-state index in [0.29, 0.717) is 0 Å². The minimum Gasteiger partial charge on any atom is -0.331 e. The standard InChI is InChI=1S/C15H15N3S/c1-10-5-6-13-14(8-10)18(15(19)17-13)11(2)12-4-3-7-16-9-12/h3-9,11H,1-2H3,(H,17,19). The molecule has 0 fully saturated rings. The fourth-order valence-electron chi connectivity index (χ4n) is 2.39. The molecule has 0 aliphatic rings. The number of pyridine rings is 1. The van der Waals surface area contributed by atoms with E-state index in [1.807, 2.05) is 12.3 Å². The second kappa shape index (κ2) is 4.63. The van der Waals surface area contributed by atoms with Gasteiger partial charge in [-0.15, -0.1) is 0 Å². The Morgan fingerprint density at radius 2 is 2.16 bits per heavy atom. The third kappa shape index (κ3) is 2.08. The average Bonchev–Trinajstić information content (AvgIpc) is 2.74. The summed E-state index contributed by atoms with van der Waals surface area (Å²) in [7, 11) is 0. The van der Waals surface area contributed by atoms with Crippen molar-refractivity contribution in [3.8, 4) is 0 Å². The monoisotopic (exact) mass is 269 g/mol. The lowest BCUT2D eigenvalue weighted by molar-refractivity contribution is 0.646. The quantitative estimate of drug-likeness (QED) is 0.713. The zero-order chi connectivity index (χ0) is 13.4. The number of aromatic amines is 1. The van der Waals surface area contributed by atoms with Crippen LogP contribution in [0.5, 0.6) is 0 Å². The van der Waals surface area contributed by atoms with Crippen molar-refractivity contribution < 1.29 is 0 Å². The van der Waals surface area contributed by atoms with Gasteiger partial charge in [-0.05, 0) is 55.4 Å². The summed E-state index contributed by atoms with van der Waals surface area (Å²) in [6, 6.07) is 10.5. The summed E-state index contributed by atoms with van der Waals surface area (Å²) >= 11 is 5.46. The van der Waals surface area contributed by atoms with E-state index < -0.39 is 0 Å². The van der Waals surface area contributed by atoms with E-state index in [4.69, 9.17) is 12.2 Å². The molecular weight excluding hydrogens is 254 g/mol. The first-order valence-corrected chi connectivity index (χ1v) is 6.68. The molecule has 0 radical (unpaired) electrons. The van der Waals surface area contributed by atoms with Gasteiger partial charge in [-0.3, -0.25) is 4.98 Å². The van der Waals surface area contributed by atoms with Crippen LogP contribution in [0.4, 0.5) is 0 Å². The van der Waals surface area contributed by atoms with Crippen LogP contribution in [-0.2, 0) is 0 Å². The van der Waals surface area contributed by atoms with Crippen molar-refractivity contribution in [2.24, 2.45) is 0 Å². The van der Waals surface area contributed by atoms with Crippen LogP contribution < -0.4 is 0 Å². The minimum absolute atomic E-state index is 0.164. The molecule has 19 heavy (non-hydrogen) atoms. The highest BCUT2D eigenvalue weighted by atomic mass is 32.1. The molecule has 0 saturated heterocycles. The van der Waals surface area contributed by atoms with E-state index in [-0.39, 0.29) is 6.04 Å². The molecule has 2 aromatic heterocycles. The molecule has 0 amide bonds. The second-order valence-corrected chi connectivity index (χ2v) is 5.17. The van der Waals surface area contributed by atoms with Gasteiger partial charge in [0.15, 0.2) is 4.77 Å². The first-order chi connectivity index (χ1) is 9.16. The Morgan fingerprint density at radius 1 is 1.32 bits per heavy atom. The highest BCUT2D eigenvalue weighted by Crippen LogP contribution is 2.24. The Morgan fingerprint density at radius 3 is 2.89 bits per heavy atom. The SMILES string of the molecule is Cc1ccc2[nH]c(=S)n(C(C)c3cccnc3)c2c1. The third-order valence-electron chi connectivity index (χ3n) is 3.43. The summed E-state index contributed by atoms with van der Waals surface area (Å²) < 4.78 is 2.89. The molecule has 1 unspecified atom stereocenters. The second-order valence-electron chi connectivity index (χ2n) is 4.78. The molecular formula is C15H15N3S. The molecule has 1 atom stereocenters. The maximum absolute atomic E-state index is 5.46. The van der Waals surface area contributed by atoms with Crippen LogP contribution in [0.15, 0.2) is 42.7 Å². The number of hydrogen-bond donors (Lipinski definition) is 1. The maximum Gasteiger partial charge on any atom is 0.178 e. The summed E-state index contributed by atoms with van der Waals surface area (Å²) in [4.78, 5) is 7.45. The zero-order valence-electron chi connectivity index (χ0n) is 10.9. The van der Waals surface area contributed by atoms with Gasteiger partial charge >= 0.3 is 0 Å². The fraction of sp³-hybridized carbons (Fsp3) is 0.200. The first-order valence-electron chi connectivity index (χ1n) is 6.27. The number of benzene rings is 1. The highest BCUT2D eigenvalue weighted by Gasteiger charge is 2.13. The number of fused-ring (bicyclic) bond motifs is 1. The lowest BCUT2D eigenvalue weighted by Gasteiger charge is -2.14. The number of aromatic nitrogens is 3. The molecule has 0 bridgehead atoms. The molecule has 0 spiro atoms. The Bertz CT molecular complexity index is 771. The number of nitrogens with zero attached hydrogens (tertiary/aromatic N) is 2. The normalized spacial score (nSPS) is 12.7. The smallest absolute Gasteiger partial charge is 0.178 e. The molecule has 96 valence electrons. The van der Waals surface area contributed by atoms with Gasteiger partial charge in [-0.2, -0.15) is 0 Å². The number of rotatable bonds is 2. The van der Waals surface area contributed by atoms with Crippen molar-refractivity contribution in [3.63, 3.8) is 0 Å². The number of aryl methyl sites for hydroxylation is 1. The van der Waals surface area contributed by atoms with Crippen LogP contribution >= 0.6 is 12.2 Å². The van der Waals surface area contributed by atoms with Crippen LogP contribution in [-0.4, -0.2) is 14.5 Å². The lowest BCUT2D eigenvalue weighted by Crippen LogP contribution is -2.07. The van der Waals surface area contributed by atoms with E-state index in [1.54, 1.807) is 6.20 Å². The van der Waals surface area contributed by atoms with E-state index in [9.17, 15) is 0 Å². The molecule has 2 heterocycles. The van der Waals surface area contributed by atoms with Crippen LogP contribution in [0.2, 0.25) is 0 Å². The first kappa shape index (κ1) is 12.1. The van der Waals surface area contributed by atoms with Crippen LogP contribution in [0.3, 0.4) is 0 Å². The molecule has 1 aromatic carbocycles. The van der Waals surface area contributed by atoms with Crippen molar-refractivity contribution in [2.75, 3.05) is 0 Å². The van der Waals surface area contributed by atoms with Crippen LogP contribution in [0.25, 0.3) is 11.0 Å². The molecule has 3 rings (SSSR count). The Kier molecular flexibility index (Phi) is 2.95. The van der Waals surface area contributed by atoms with Crippen molar-refractivity contribution in [1.29, 1.82) is 0 Å². The van der Waals surface area contributed by atoms with Crippen molar-refractivity contribution in [1.82, 2.24) is 14.5 Å². The zero-order valence-corrected chi connectivity index (χ0v) is 11.7. The Balaban J connectivity index is 2.22. The molecule has 0 saturated carbocycles. The van der Waals surface area contributed by atoms with Gasteiger partial charge in [-0.1, -0.05) is 12.1 Å². The van der Waals surface area contributed by atoms with Crippen molar-refractivity contribution >= 4 is 23.3 Å². The van der Waals surface area contributed by atoms with E-state index in [2.05, 4.69) is 52.6 Å². The minimum atomic E-state index is 0.164. The molecule has 3 nitrogen and oxygen atoms in total. The average molecular weight is 269 g/mol. The van der Waals surface area contributed by atoms with E-state index in [1.165, 1.54) is 5.56 Å². The summed E-state index contributed by atoms with van der Waals surface area (Å²) in [5, 5.41) is 0. The number of hydrogen-bond acceptors (Lipinski definition) is 2. The number of imidazole rings is 1. The largest absolute Gasteiger partial charge is 0.331 e. The summed E-state index contributed by atoms with van der Waals surface area (Å²) in [6.45, 7) is 4.23. The van der Waals surface area contributed by atoms with Gasteiger partial charge < -0.3 is 9.55 Å². The van der Waals surface area contributed by atoms with E-state index in [0.717, 1.165) is 21.4 Å². The molecule has 3 aromatic rings. The maximum atomic E-state index is 5.46. The summed E-state index contributed by atoms with van der Waals surface area (Å²) in [5.74, 6) is 0. The predicted octanol–water partition coefficient (Wildman–Crippen LogP) is 4.01. The summed E-state index contributed by atoms with van der Waals surface area (Å²) in [5.41, 5.74) is 4.60. The number of H-pyrrole nitrogens is 1. The van der Waals surface area contributed by atoms with Gasteiger partial charge in [0.1, 0.15) is 0 Å². The van der Waals surface area contributed by atoms with Gasteiger partial charge in [0.25, 0.3) is 0 Å². The molecule has 0 aliphatic heterocycles. The highest BCUT2D eigenvalue weighted by molar-refractivity contribution is 7.71. The topological polar surface area (TPSA) is 33.6 Å². The third-order valence-corrected chi connectivity index (χ3v) is 3.73. The molecule has 0 aliphatic carbocycles. The van der Waals surface area contributed by atoms with Crippen molar-refractivity contribution in [2.45, 2.75) is 19.9 Å². The van der Waals surface area contributed by atoms with Gasteiger partial charge in [0.05, 0.1) is 17.1 Å². The van der Waals surface area contributed by atoms with Crippen LogP contribution in [0.1, 0.15) is 24.1 Å². The van der Waals surface area contributed by atoms with Gasteiger partial charge in [0, 0.05) is 12.4 Å². The van der Waals surface area contributed by atoms with E-state index >= 15 is 0 Å². The molecule has 4 heteroatoms. The Hall–Kier alpha value is -1.94. The lowest BCUT2D eigenvalue weighted by atomic mass is 10.1. The van der Waals surface area contributed by atoms with Gasteiger partial charge in [-0.25, -0.2) is 0 Å². The predicted molar refractivity (Wildman–Crippen MR) is 79.9 cm³/mol. The summed E-state index contributed by atoms with van der Waals surface area (Å²) in [6.07, 6.45) is 3.68. The number of nitrogens with one attached hydrogen (secondary N) is 1. The molecule has 1 N–H and O–H groups in total. The van der Waals surface area contributed by atoms with Crippen LogP contribution in [0, 0.1) is 11.7 Å².